The Labute approximate surface area is 217 Å². The van der Waals surface area contributed by atoms with E-state index in [1.807, 2.05) is 50.2 Å². The molecular formula is C29H34N6O2. The lowest BCUT2D eigenvalue weighted by Crippen LogP contribution is -2.43. The molecule has 0 saturated heterocycles. The molecule has 2 aromatic heterocycles. The van der Waals surface area contributed by atoms with Crippen LogP contribution in [0.3, 0.4) is 0 Å². The van der Waals surface area contributed by atoms with Gasteiger partial charge in [0.15, 0.2) is 0 Å². The Hall–Kier alpha value is -4.07. The maximum atomic E-state index is 12.3. The number of ether oxygens (including phenoxy) is 1. The fraction of sp³-hybridized carbons (Fsp3) is 0.345. The summed E-state index contributed by atoms with van der Waals surface area (Å²) in [5.41, 5.74) is 10.3. The summed E-state index contributed by atoms with van der Waals surface area (Å²) in [6.07, 6.45) is 5.62. The molecule has 8 heteroatoms. The van der Waals surface area contributed by atoms with Gasteiger partial charge in [0.25, 0.3) is 0 Å². The van der Waals surface area contributed by atoms with Gasteiger partial charge in [0.2, 0.25) is 0 Å². The van der Waals surface area contributed by atoms with Crippen LogP contribution < -0.4 is 15.8 Å². The zero-order valence-electron chi connectivity index (χ0n) is 21.4. The van der Waals surface area contributed by atoms with E-state index in [9.17, 15) is 4.79 Å². The molecule has 0 unspecified atom stereocenters. The van der Waals surface area contributed by atoms with Crippen molar-refractivity contribution in [2.24, 2.45) is 5.92 Å². The predicted octanol–water partition coefficient (Wildman–Crippen LogP) is 5.26. The van der Waals surface area contributed by atoms with Gasteiger partial charge < -0.3 is 25.3 Å². The zero-order valence-corrected chi connectivity index (χ0v) is 21.4. The molecule has 2 aromatic carbocycles. The van der Waals surface area contributed by atoms with Gasteiger partial charge in [-0.05, 0) is 55.9 Å². The third-order valence-electron chi connectivity index (χ3n) is 7.23. The van der Waals surface area contributed by atoms with Crippen molar-refractivity contribution in [2.45, 2.75) is 39.3 Å². The number of carbonyl (C=O) groups excluding carboxylic acids is 1. The molecule has 0 spiro atoms. The zero-order chi connectivity index (χ0) is 25.8. The van der Waals surface area contributed by atoms with E-state index in [2.05, 4.69) is 44.2 Å². The summed E-state index contributed by atoms with van der Waals surface area (Å²) < 4.78 is 8.29. The van der Waals surface area contributed by atoms with E-state index in [0.29, 0.717) is 44.0 Å². The second-order valence-electron chi connectivity index (χ2n) is 9.56. The molecule has 192 valence electrons. The summed E-state index contributed by atoms with van der Waals surface area (Å²) in [6, 6.07) is 18.5. The van der Waals surface area contributed by atoms with Crippen molar-refractivity contribution in [3.8, 4) is 16.9 Å². The topological polar surface area (TPSA) is 98.3 Å². The van der Waals surface area contributed by atoms with E-state index in [0.717, 1.165) is 46.3 Å². The number of rotatable bonds is 9. The number of hydrogen-bond acceptors (Lipinski definition) is 5. The van der Waals surface area contributed by atoms with E-state index in [1.165, 1.54) is 6.33 Å². The van der Waals surface area contributed by atoms with Gasteiger partial charge in [0, 0.05) is 37.4 Å². The van der Waals surface area contributed by atoms with Crippen molar-refractivity contribution in [1.82, 2.24) is 24.8 Å². The molecule has 3 N–H and O–H groups in total. The molecule has 0 radical (unpaired) electrons. The molecule has 8 nitrogen and oxygen atoms in total. The molecule has 2 heterocycles. The van der Waals surface area contributed by atoms with Gasteiger partial charge in [0.1, 0.15) is 30.1 Å². The van der Waals surface area contributed by atoms with Gasteiger partial charge in [-0.15, -0.1) is 0 Å². The van der Waals surface area contributed by atoms with Crippen molar-refractivity contribution >= 4 is 22.9 Å². The quantitative estimate of drug-likeness (QED) is 0.328. The van der Waals surface area contributed by atoms with Gasteiger partial charge in [-0.3, -0.25) is 0 Å². The lowest BCUT2D eigenvalue weighted by Gasteiger charge is -2.37. The minimum absolute atomic E-state index is 0.0111. The number of nitrogens with two attached hydrogens (primary N) is 1. The normalized spacial score (nSPS) is 16.8. The van der Waals surface area contributed by atoms with Crippen LogP contribution in [0.2, 0.25) is 0 Å². The first-order chi connectivity index (χ1) is 18.1. The molecule has 5 rings (SSSR count). The fourth-order valence-corrected chi connectivity index (χ4v) is 5.05. The first kappa shape index (κ1) is 24.6. The molecule has 2 amide bonds. The second-order valence-corrected chi connectivity index (χ2v) is 9.56. The SMILES string of the molecule is CCN(CC)C(=O)NCC1CC(n2cc(-c3cccc(OCc4ccccc4)c3)c3c(N)ncnc32)C1. The van der Waals surface area contributed by atoms with Crippen LogP contribution in [0, 0.1) is 5.92 Å². The molecule has 4 aromatic rings. The summed E-state index contributed by atoms with van der Waals surface area (Å²) in [4.78, 5) is 23.0. The van der Waals surface area contributed by atoms with Crippen LogP contribution in [0.1, 0.15) is 38.3 Å². The second kappa shape index (κ2) is 10.9. The Bertz CT molecular complexity index is 1360. The lowest BCUT2D eigenvalue weighted by molar-refractivity contribution is 0.177. The number of amides is 2. The van der Waals surface area contributed by atoms with E-state index in [4.69, 9.17) is 10.5 Å². The number of anilines is 1. The van der Waals surface area contributed by atoms with Crippen LogP contribution in [-0.4, -0.2) is 45.1 Å². The number of aromatic nitrogens is 3. The van der Waals surface area contributed by atoms with Crippen molar-refractivity contribution in [1.29, 1.82) is 0 Å². The van der Waals surface area contributed by atoms with E-state index in [1.54, 1.807) is 4.90 Å². The van der Waals surface area contributed by atoms with Crippen molar-refractivity contribution < 1.29 is 9.53 Å². The van der Waals surface area contributed by atoms with Crippen LogP contribution >= 0.6 is 0 Å². The lowest BCUT2D eigenvalue weighted by atomic mass is 9.80. The van der Waals surface area contributed by atoms with Crippen LogP contribution in [-0.2, 0) is 6.61 Å². The number of fused-ring (bicyclic) bond motifs is 1. The van der Waals surface area contributed by atoms with Crippen LogP contribution in [0.15, 0.2) is 67.1 Å². The van der Waals surface area contributed by atoms with Crippen LogP contribution in [0.4, 0.5) is 10.6 Å². The van der Waals surface area contributed by atoms with Gasteiger partial charge in [-0.2, -0.15) is 0 Å². The molecule has 1 aliphatic rings. The van der Waals surface area contributed by atoms with Gasteiger partial charge >= 0.3 is 6.03 Å². The maximum absolute atomic E-state index is 12.3. The van der Waals surface area contributed by atoms with Crippen LogP contribution in [0.25, 0.3) is 22.2 Å². The molecule has 0 bridgehead atoms. The summed E-state index contributed by atoms with van der Waals surface area (Å²) in [5, 5.41) is 3.95. The van der Waals surface area contributed by atoms with Gasteiger partial charge in [-0.1, -0.05) is 42.5 Å². The molecular weight excluding hydrogens is 464 g/mol. The van der Waals surface area contributed by atoms with Gasteiger partial charge in [0.05, 0.1) is 5.39 Å². The fourth-order valence-electron chi connectivity index (χ4n) is 5.05. The molecule has 0 aliphatic heterocycles. The summed E-state index contributed by atoms with van der Waals surface area (Å²) in [7, 11) is 0. The molecule has 0 atom stereocenters. The maximum Gasteiger partial charge on any atom is 0.317 e. The van der Waals surface area contributed by atoms with Crippen molar-refractivity contribution in [3.05, 3.63) is 72.7 Å². The Morgan fingerprint density at radius 2 is 1.89 bits per heavy atom. The standard InChI is InChI=1S/C29H34N6O2/c1-3-34(4-2)29(36)31-16-21-13-23(14-21)35-17-25(26-27(30)32-19-33-28(26)35)22-11-8-12-24(15-22)37-18-20-9-6-5-7-10-20/h5-12,15,17,19,21,23H,3-4,13-14,16,18H2,1-2H3,(H,31,36)(H2,30,32,33). The minimum atomic E-state index is 0.0111. The highest BCUT2D eigenvalue weighted by Crippen LogP contribution is 2.43. The molecule has 1 fully saturated rings. The highest BCUT2D eigenvalue weighted by atomic mass is 16.5. The van der Waals surface area contributed by atoms with E-state index in [-0.39, 0.29) is 6.03 Å². The highest BCUT2D eigenvalue weighted by Gasteiger charge is 2.33. The van der Waals surface area contributed by atoms with Crippen molar-refractivity contribution in [3.63, 3.8) is 0 Å². The molecule has 37 heavy (non-hydrogen) atoms. The predicted molar refractivity (Wildman–Crippen MR) is 146 cm³/mol. The van der Waals surface area contributed by atoms with Gasteiger partial charge in [-0.25, -0.2) is 14.8 Å². The Kier molecular flexibility index (Phi) is 7.25. The number of urea groups is 1. The molecule has 1 aliphatic carbocycles. The Morgan fingerprint density at radius 3 is 2.65 bits per heavy atom. The average Bonchev–Trinajstić information content (AvgIpc) is 3.29. The Morgan fingerprint density at radius 1 is 1.11 bits per heavy atom. The third kappa shape index (κ3) is 5.23. The first-order valence-corrected chi connectivity index (χ1v) is 13.0. The highest BCUT2D eigenvalue weighted by molar-refractivity contribution is 6.00. The van der Waals surface area contributed by atoms with Crippen molar-refractivity contribution in [2.75, 3.05) is 25.4 Å². The van der Waals surface area contributed by atoms with E-state index < -0.39 is 0 Å². The number of benzene rings is 2. The summed E-state index contributed by atoms with van der Waals surface area (Å²) in [6.45, 7) is 6.62. The van der Waals surface area contributed by atoms with Crippen LogP contribution in [0.5, 0.6) is 5.75 Å². The molecule has 1 saturated carbocycles. The Balaban J connectivity index is 1.33. The number of carbonyl (C=O) groups is 1. The average molecular weight is 499 g/mol. The number of nitrogen functional groups attached to an aromatic ring is 1. The monoisotopic (exact) mass is 498 g/mol. The number of hydrogen-bond donors (Lipinski definition) is 2. The summed E-state index contributed by atoms with van der Waals surface area (Å²) >= 11 is 0. The minimum Gasteiger partial charge on any atom is -0.489 e. The number of nitrogens with one attached hydrogen (secondary N) is 1. The van der Waals surface area contributed by atoms with E-state index >= 15 is 0 Å². The number of nitrogens with zero attached hydrogens (tertiary/aromatic N) is 4. The smallest absolute Gasteiger partial charge is 0.317 e. The summed E-state index contributed by atoms with van der Waals surface area (Å²) in [5.74, 6) is 1.71. The largest absolute Gasteiger partial charge is 0.489 e. The third-order valence-corrected chi connectivity index (χ3v) is 7.23. The first-order valence-electron chi connectivity index (χ1n) is 13.0.